The highest BCUT2D eigenvalue weighted by Crippen LogP contribution is 2.18. The minimum atomic E-state index is -3.88. The highest BCUT2D eigenvalue weighted by atomic mass is 32.2. The van der Waals surface area contributed by atoms with E-state index in [0.29, 0.717) is 19.4 Å². The summed E-state index contributed by atoms with van der Waals surface area (Å²) in [7, 11) is -3.88. The molecule has 0 rings (SSSR count). The second-order valence-corrected chi connectivity index (χ2v) is 8.02. The zero-order valence-corrected chi connectivity index (χ0v) is 15.1. The third-order valence-electron chi connectivity index (χ3n) is 4.24. The fourth-order valence-electron chi connectivity index (χ4n) is 2.79. The Balaban J connectivity index is 3.59. The average molecular weight is 337 g/mol. The second-order valence-electron chi connectivity index (χ2n) is 6.33. The SMILES string of the molecule is CCCCCC(CCCCCCCCCCCO)S(=O)(=O)O. The molecule has 0 amide bonds. The highest BCUT2D eigenvalue weighted by Gasteiger charge is 2.21. The number of aliphatic hydroxyl groups is 1. The molecule has 0 saturated heterocycles. The fraction of sp³-hybridized carbons (Fsp3) is 1.00. The zero-order chi connectivity index (χ0) is 16.7. The predicted octanol–water partition coefficient (Wildman–Crippen LogP) is 4.72. The molecule has 0 aliphatic carbocycles. The third kappa shape index (κ3) is 13.5. The van der Waals surface area contributed by atoms with E-state index in [1.807, 2.05) is 0 Å². The summed E-state index contributed by atoms with van der Waals surface area (Å²) in [5.74, 6) is 0. The van der Waals surface area contributed by atoms with Crippen LogP contribution < -0.4 is 0 Å². The van der Waals surface area contributed by atoms with Gasteiger partial charge in [-0.1, -0.05) is 77.6 Å². The third-order valence-corrected chi connectivity index (χ3v) is 5.55. The Labute approximate surface area is 137 Å². The number of aliphatic hydroxyl groups excluding tert-OH is 1. The van der Waals surface area contributed by atoms with Gasteiger partial charge in [-0.15, -0.1) is 0 Å². The number of unbranched alkanes of at least 4 members (excludes halogenated alkanes) is 10. The van der Waals surface area contributed by atoms with Crippen molar-refractivity contribution in [3.63, 3.8) is 0 Å². The Morgan fingerprint density at radius 1 is 0.727 bits per heavy atom. The van der Waals surface area contributed by atoms with E-state index in [1.165, 1.54) is 25.7 Å². The van der Waals surface area contributed by atoms with Gasteiger partial charge in [0.25, 0.3) is 10.1 Å². The molecule has 4 nitrogen and oxygen atoms in total. The van der Waals surface area contributed by atoms with E-state index in [0.717, 1.165) is 51.4 Å². The summed E-state index contributed by atoms with van der Waals surface area (Å²) in [5, 5.41) is 8.12. The minimum Gasteiger partial charge on any atom is -0.396 e. The van der Waals surface area contributed by atoms with Crippen molar-refractivity contribution in [3.05, 3.63) is 0 Å². The predicted molar refractivity (Wildman–Crippen MR) is 92.7 cm³/mol. The Bertz CT molecular complexity index is 328. The molecule has 0 spiro atoms. The van der Waals surface area contributed by atoms with Crippen LogP contribution in [-0.2, 0) is 10.1 Å². The Kier molecular flexibility index (Phi) is 14.4. The van der Waals surface area contributed by atoms with Crippen molar-refractivity contribution in [3.8, 4) is 0 Å². The maximum Gasteiger partial charge on any atom is 0.267 e. The lowest BCUT2D eigenvalue weighted by Crippen LogP contribution is -2.20. The van der Waals surface area contributed by atoms with Crippen LogP contribution in [0, 0.1) is 0 Å². The van der Waals surface area contributed by atoms with Crippen molar-refractivity contribution in [2.24, 2.45) is 0 Å². The van der Waals surface area contributed by atoms with Crippen LogP contribution in [0.1, 0.15) is 96.8 Å². The molecule has 1 unspecified atom stereocenters. The summed E-state index contributed by atoms with van der Waals surface area (Å²) in [6, 6.07) is 0. The molecule has 0 aliphatic rings. The van der Waals surface area contributed by atoms with Gasteiger partial charge in [-0.2, -0.15) is 8.42 Å². The van der Waals surface area contributed by atoms with Crippen LogP contribution >= 0.6 is 0 Å². The quantitative estimate of drug-likeness (QED) is 0.316. The molecule has 22 heavy (non-hydrogen) atoms. The topological polar surface area (TPSA) is 74.6 Å². The highest BCUT2D eigenvalue weighted by molar-refractivity contribution is 7.86. The van der Waals surface area contributed by atoms with Gasteiger partial charge in [-0.3, -0.25) is 4.55 Å². The lowest BCUT2D eigenvalue weighted by molar-refractivity contribution is 0.282. The molecule has 2 N–H and O–H groups in total. The molecule has 0 fully saturated rings. The van der Waals surface area contributed by atoms with Crippen molar-refractivity contribution in [2.45, 2.75) is 102 Å². The first-order valence-electron chi connectivity index (χ1n) is 9.09. The molecule has 0 aromatic rings. The Morgan fingerprint density at radius 3 is 1.55 bits per heavy atom. The molecule has 134 valence electrons. The first kappa shape index (κ1) is 21.9. The van der Waals surface area contributed by atoms with Gasteiger partial charge in [-0.05, 0) is 19.3 Å². The van der Waals surface area contributed by atoms with Gasteiger partial charge >= 0.3 is 0 Å². The van der Waals surface area contributed by atoms with Crippen LogP contribution in [0.2, 0.25) is 0 Å². The Morgan fingerprint density at radius 2 is 1.14 bits per heavy atom. The molecule has 0 aliphatic heterocycles. The largest absolute Gasteiger partial charge is 0.396 e. The van der Waals surface area contributed by atoms with Crippen molar-refractivity contribution in [1.29, 1.82) is 0 Å². The monoisotopic (exact) mass is 336 g/mol. The molecular formula is C17H36O4S. The summed E-state index contributed by atoms with van der Waals surface area (Å²) in [6.45, 7) is 2.39. The normalized spacial score (nSPS) is 13.4. The summed E-state index contributed by atoms with van der Waals surface area (Å²) in [6.07, 6.45) is 14.1. The molecule has 0 bridgehead atoms. The van der Waals surface area contributed by atoms with Crippen LogP contribution in [-0.4, -0.2) is 29.9 Å². The van der Waals surface area contributed by atoms with Gasteiger partial charge in [0.15, 0.2) is 0 Å². The summed E-state index contributed by atoms with van der Waals surface area (Å²) in [4.78, 5) is 0. The second kappa shape index (κ2) is 14.5. The van der Waals surface area contributed by atoms with Crippen LogP contribution in [0.4, 0.5) is 0 Å². The van der Waals surface area contributed by atoms with Crippen molar-refractivity contribution in [1.82, 2.24) is 0 Å². The first-order chi connectivity index (χ1) is 10.5. The minimum absolute atomic E-state index is 0.299. The fourth-order valence-corrected chi connectivity index (χ4v) is 3.71. The number of hydrogen-bond acceptors (Lipinski definition) is 3. The first-order valence-corrected chi connectivity index (χ1v) is 10.6. The molecule has 5 heteroatoms. The number of rotatable bonds is 16. The zero-order valence-electron chi connectivity index (χ0n) is 14.3. The standard InChI is InChI=1S/C17H36O4S/c1-2-3-11-14-17(22(19,20)21)15-12-9-7-5-4-6-8-10-13-16-18/h17-18H,2-16H2,1H3,(H,19,20,21). The van der Waals surface area contributed by atoms with Crippen LogP contribution in [0.5, 0.6) is 0 Å². The number of hydrogen-bond donors (Lipinski definition) is 2. The maximum atomic E-state index is 11.4. The van der Waals surface area contributed by atoms with E-state index in [1.54, 1.807) is 0 Å². The van der Waals surface area contributed by atoms with E-state index in [2.05, 4.69) is 6.92 Å². The smallest absolute Gasteiger partial charge is 0.267 e. The van der Waals surface area contributed by atoms with Gasteiger partial charge in [-0.25, -0.2) is 0 Å². The van der Waals surface area contributed by atoms with Crippen molar-refractivity contribution in [2.75, 3.05) is 6.61 Å². The molecular weight excluding hydrogens is 300 g/mol. The van der Waals surface area contributed by atoms with Gasteiger partial charge in [0.05, 0.1) is 5.25 Å². The van der Waals surface area contributed by atoms with Gasteiger partial charge in [0, 0.05) is 6.61 Å². The average Bonchev–Trinajstić information content (AvgIpc) is 2.46. The summed E-state index contributed by atoms with van der Waals surface area (Å²) >= 11 is 0. The van der Waals surface area contributed by atoms with Gasteiger partial charge in [0.1, 0.15) is 0 Å². The van der Waals surface area contributed by atoms with Crippen LogP contribution in [0.3, 0.4) is 0 Å². The lowest BCUT2D eigenvalue weighted by atomic mass is 10.0. The molecule has 0 aromatic heterocycles. The van der Waals surface area contributed by atoms with Crippen LogP contribution in [0.25, 0.3) is 0 Å². The molecule has 0 radical (unpaired) electrons. The van der Waals surface area contributed by atoms with E-state index in [9.17, 15) is 13.0 Å². The Hall–Kier alpha value is -0.130. The molecule has 0 saturated carbocycles. The van der Waals surface area contributed by atoms with E-state index in [-0.39, 0.29) is 0 Å². The molecule has 0 heterocycles. The van der Waals surface area contributed by atoms with Gasteiger partial charge < -0.3 is 5.11 Å². The van der Waals surface area contributed by atoms with Crippen LogP contribution in [0.15, 0.2) is 0 Å². The van der Waals surface area contributed by atoms with Gasteiger partial charge in [0.2, 0.25) is 0 Å². The van der Waals surface area contributed by atoms with E-state index in [4.69, 9.17) is 5.11 Å². The summed E-state index contributed by atoms with van der Waals surface area (Å²) in [5.41, 5.74) is 0. The van der Waals surface area contributed by atoms with E-state index < -0.39 is 15.4 Å². The lowest BCUT2D eigenvalue weighted by Gasteiger charge is -2.13. The van der Waals surface area contributed by atoms with Crippen molar-refractivity contribution < 1.29 is 18.1 Å². The molecule has 1 atom stereocenters. The molecule has 0 aromatic carbocycles. The van der Waals surface area contributed by atoms with E-state index >= 15 is 0 Å². The van der Waals surface area contributed by atoms with Crippen molar-refractivity contribution >= 4 is 10.1 Å². The maximum absolute atomic E-state index is 11.4. The summed E-state index contributed by atoms with van der Waals surface area (Å²) < 4.78 is 32.0.